The summed E-state index contributed by atoms with van der Waals surface area (Å²) in [6.45, 7) is 43.7. The maximum atomic E-state index is 12.6. The van der Waals surface area contributed by atoms with Crippen molar-refractivity contribution >= 4 is 11.8 Å². The maximum Gasteiger partial charge on any atom is 0.239 e. The second kappa shape index (κ2) is 36.4. The van der Waals surface area contributed by atoms with Crippen LogP contribution in [-0.4, -0.2) is 173 Å². The van der Waals surface area contributed by atoms with Gasteiger partial charge in [0.05, 0.1) is 88.5 Å². The summed E-state index contributed by atoms with van der Waals surface area (Å²) in [5.41, 5.74) is -1.33. The van der Waals surface area contributed by atoms with E-state index in [9.17, 15) is 19.8 Å². The molecule has 16 nitrogen and oxygen atoms in total. The van der Waals surface area contributed by atoms with Crippen molar-refractivity contribution in [3.05, 3.63) is 0 Å². The van der Waals surface area contributed by atoms with Crippen LogP contribution in [0.2, 0.25) is 0 Å². The molecule has 0 saturated heterocycles. The van der Waals surface area contributed by atoms with Gasteiger partial charge in [0.2, 0.25) is 11.8 Å². The summed E-state index contributed by atoms with van der Waals surface area (Å²) in [7, 11) is 0. The molecule has 6 N–H and O–H groups in total. The summed E-state index contributed by atoms with van der Waals surface area (Å²) in [4.78, 5) is 25.2. The minimum atomic E-state index is -0.396. The van der Waals surface area contributed by atoms with Crippen molar-refractivity contribution < 1.29 is 57.7 Å². The van der Waals surface area contributed by atoms with Gasteiger partial charge in [-0.25, -0.2) is 0 Å². The first kappa shape index (κ1) is 68.5. The molecule has 0 aromatic heterocycles. The molecule has 0 aliphatic heterocycles. The van der Waals surface area contributed by atoms with Crippen LogP contribution in [-0.2, 0) is 47.5 Å². The Kier molecular flexibility index (Phi) is 36.7. The third kappa shape index (κ3) is 49.4. The average Bonchev–Trinajstić information content (AvgIpc) is 3.19. The number of aliphatic hydroxyl groups is 2. The lowest BCUT2D eigenvalue weighted by Gasteiger charge is -2.30. The molecular formula is C52H108N4O12. The van der Waals surface area contributed by atoms with Crippen LogP contribution in [0, 0.1) is 11.8 Å². The summed E-state index contributed by atoms with van der Waals surface area (Å²) in [5.74, 6) is 0.155. The molecule has 0 saturated carbocycles. The van der Waals surface area contributed by atoms with Gasteiger partial charge < -0.3 is 58.7 Å². The molecule has 0 aromatic carbocycles. The zero-order chi connectivity index (χ0) is 52.5. The minimum Gasteiger partial charge on any atom is -0.396 e. The topological polar surface area (TPSA) is 197 Å². The third-order valence-electron chi connectivity index (χ3n) is 9.37. The summed E-state index contributed by atoms with van der Waals surface area (Å²) < 4.78 is 45.4. The van der Waals surface area contributed by atoms with Crippen LogP contribution in [0.25, 0.3) is 0 Å². The predicted molar refractivity (Wildman–Crippen MR) is 274 cm³/mol. The average molecular weight is 981 g/mol. The van der Waals surface area contributed by atoms with Gasteiger partial charge >= 0.3 is 0 Å². The molecule has 0 aromatic rings. The lowest BCUT2D eigenvalue weighted by Crippen LogP contribution is -2.54. The van der Waals surface area contributed by atoms with E-state index in [0.717, 1.165) is 38.5 Å². The van der Waals surface area contributed by atoms with E-state index in [4.69, 9.17) is 37.9 Å². The number of ether oxygens (including phenoxy) is 8. The Balaban J connectivity index is 0. The van der Waals surface area contributed by atoms with Crippen LogP contribution < -0.4 is 21.3 Å². The van der Waals surface area contributed by atoms with Gasteiger partial charge in [0.15, 0.2) is 0 Å². The first-order chi connectivity index (χ1) is 31.3. The monoisotopic (exact) mass is 981 g/mol. The summed E-state index contributed by atoms with van der Waals surface area (Å²) in [5, 5.41) is 31.7. The van der Waals surface area contributed by atoms with Gasteiger partial charge in [0.1, 0.15) is 12.1 Å². The summed E-state index contributed by atoms with van der Waals surface area (Å²) >= 11 is 0. The third-order valence-corrected chi connectivity index (χ3v) is 9.37. The van der Waals surface area contributed by atoms with Crippen LogP contribution in [0.15, 0.2) is 0 Å². The molecule has 4 atom stereocenters. The van der Waals surface area contributed by atoms with Gasteiger partial charge in [-0.1, -0.05) is 6.42 Å². The Morgan fingerprint density at radius 1 is 0.397 bits per heavy atom. The summed E-state index contributed by atoms with van der Waals surface area (Å²) in [6, 6.07) is -0.780. The predicted octanol–water partition coefficient (Wildman–Crippen LogP) is 6.60. The van der Waals surface area contributed by atoms with E-state index in [-0.39, 0.29) is 76.4 Å². The molecular weight excluding hydrogens is 873 g/mol. The molecule has 0 spiro atoms. The van der Waals surface area contributed by atoms with E-state index in [2.05, 4.69) is 21.3 Å². The van der Waals surface area contributed by atoms with Crippen molar-refractivity contribution in [3.63, 3.8) is 0 Å². The Labute approximate surface area is 415 Å². The first-order valence-corrected chi connectivity index (χ1v) is 25.4. The van der Waals surface area contributed by atoms with E-state index in [1.807, 2.05) is 125 Å². The van der Waals surface area contributed by atoms with Gasteiger partial charge in [0.25, 0.3) is 0 Å². The van der Waals surface area contributed by atoms with E-state index in [0.29, 0.717) is 92.4 Å². The second-order valence-electron chi connectivity index (χ2n) is 23.7. The Morgan fingerprint density at radius 3 is 1.04 bits per heavy atom. The molecule has 408 valence electrons. The highest BCUT2D eigenvalue weighted by atomic mass is 16.6. The van der Waals surface area contributed by atoms with Crippen molar-refractivity contribution in [1.29, 1.82) is 0 Å². The fourth-order valence-electron chi connectivity index (χ4n) is 5.84. The van der Waals surface area contributed by atoms with Gasteiger partial charge in [0, 0.05) is 62.4 Å². The largest absolute Gasteiger partial charge is 0.396 e. The zero-order valence-corrected chi connectivity index (χ0v) is 46.8. The van der Waals surface area contributed by atoms with E-state index in [1.165, 1.54) is 0 Å². The van der Waals surface area contributed by atoms with Crippen LogP contribution in [0.5, 0.6) is 0 Å². The standard InChI is InChI=1S/C30H62N2O8.C22H46N2O4/c1-28(2,3)32-26(24-40-30(7,8)9)27(34)31-13-10-11-14-35-16-18-37-20-21-38-19-17-36-15-12-25(22-33)23-39-29(4,5)6;1-20(2,3)24-18(16-28-22(7,8)9)19(26)23-13-11-10-12-17(14-25)15-27-21(4,5)6/h25-26,32-33H,10-24H2,1-9H3,(H,31,34);17-18,24-25H,10-16H2,1-9H3,(H,23,26)/t25?,26-;17?,18-/m00/s1. The first-order valence-electron chi connectivity index (χ1n) is 25.4. The Bertz CT molecular complexity index is 1230. The fourth-order valence-corrected chi connectivity index (χ4v) is 5.84. The van der Waals surface area contributed by atoms with Crippen LogP contribution in [0.1, 0.15) is 163 Å². The Morgan fingerprint density at radius 2 is 0.706 bits per heavy atom. The van der Waals surface area contributed by atoms with Crippen molar-refractivity contribution in [3.8, 4) is 0 Å². The van der Waals surface area contributed by atoms with Crippen LogP contribution >= 0.6 is 0 Å². The lowest BCUT2D eigenvalue weighted by atomic mass is 10.0. The number of carbonyl (C=O) groups is 2. The maximum absolute atomic E-state index is 12.6. The van der Waals surface area contributed by atoms with E-state index in [1.54, 1.807) is 0 Å². The highest BCUT2D eigenvalue weighted by Crippen LogP contribution is 2.16. The van der Waals surface area contributed by atoms with Crippen molar-refractivity contribution in [2.75, 3.05) is 106 Å². The molecule has 0 aliphatic carbocycles. The normalized spacial score (nSPS) is 14.8. The number of aliphatic hydroxyl groups excluding tert-OH is 2. The van der Waals surface area contributed by atoms with Crippen molar-refractivity contribution in [2.24, 2.45) is 11.8 Å². The van der Waals surface area contributed by atoms with Crippen LogP contribution in [0.3, 0.4) is 0 Å². The quantitative estimate of drug-likeness (QED) is 0.0368. The highest BCUT2D eigenvalue weighted by molar-refractivity contribution is 5.82. The molecule has 2 unspecified atom stereocenters. The van der Waals surface area contributed by atoms with Crippen molar-refractivity contribution in [1.82, 2.24) is 21.3 Å². The van der Waals surface area contributed by atoms with Crippen LogP contribution in [0.4, 0.5) is 0 Å². The van der Waals surface area contributed by atoms with Gasteiger partial charge in [-0.2, -0.15) is 0 Å². The number of amides is 2. The van der Waals surface area contributed by atoms with E-state index < -0.39 is 6.04 Å². The number of nitrogens with one attached hydrogen (secondary N) is 4. The smallest absolute Gasteiger partial charge is 0.239 e. The molecule has 0 aliphatic rings. The highest BCUT2D eigenvalue weighted by Gasteiger charge is 2.27. The minimum absolute atomic E-state index is 0.0334. The number of unbranched alkanes of at least 4 members (excludes halogenated alkanes) is 2. The SMILES string of the molecule is CC(C)(C)N[C@@H](COC(C)(C)C)C(=O)NCCCCC(CO)COC(C)(C)C.CC(C)(C)N[C@@H](COC(C)(C)C)C(=O)NCCCCOCCOCCOCCOCCC(CO)COC(C)(C)C. The molecule has 0 bridgehead atoms. The molecule has 68 heavy (non-hydrogen) atoms. The van der Waals surface area contributed by atoms with Gasteiger partial charge in [-0.3, -0.25) is 20.2 Å². The Hall–Kier alpha value is -1.54. The fraction of sp³-hybridized carbons (Fsp3) is 0.962. The molecule has 0 heterocycles. The number of rotatable bonds is 36. The van der Waals surface area contributed by atoms with Gasteiger partial charge in [-0.15, -0.1) is 0 Å². The molecule has 0 fully saturated rings. The number of hydrogen-bond acceptors (Lipinski definition) is 14. The molecule has 16 heteroatoms. The zero-order valence-electron chi connectivity index (χ0n) is 46.8. The molecule has 0 rings (SSSR count). The van der Waals surface area contributed by atoms with Gasteiger partial charge in [-0.05, 0) is 157 Å². The summed E-state index contributed by atoms with van der Waals surface area (Å²) in [6.07, 6.45) is 5.17. The van der Waals surface area contributed by atoms with E-state index >= 15 is 0 Å². The number of carbonyl (C=O) groups excluding carboxylic acids is 2. The number of hydrogen-bond donors (Lipinski definition) is 6. The molecule has 0 radical (unpaired) electrons. The lowest BCUT2D eigenvalue weighted by molar-refractivity contribution is -0.127. The second-order valence-corrected chi connectivity index (χ2v) is 23.7. The molecule has 2 amide bonds. The van der Waals surface area contributed by atoms with Crippen molar-refractivity contribution in [2.45, 2.75) is 209 Å².